The smallest absolute Gasteiger partial charge is 0.262 e. The highest BCUT2D eigenvalue weighted by Crippen LogP contribution is 2.25. The number of aryl methyl sites for hydroxylation is 2. The van der Waals surface area contributed by atoms with Crippen molar-refractivity contribution in [1.29, 1.82) is 0 Å². The third-order valence-electron chi connectivity index (χ3n) is 3.18. The summed E-state index contributed by atoms with van der Waals surface area (Å²) >= 11 is 0. The van der Waals surface area contributed by atoms with E-state index >= 15 is 0 Å². The molecular weight excluding hydrogens is 274 g/mol. The number of benzene rings is 1. The number of nitrogens with two attached hydrogens (primary N) is 1. The summed E-state index contributed by atoms with van der Waals surface area (Å²) < 4.78 is 27.5. The normalized spacial score (nSPS) is 11.3. The molecule has 0 saturated carbocycles. The van der Waals surface area contributed by atoms with Gasteiger partial charge >= 0.3 is 0 Å². The van der Waals surface area contributed by atoms with Gasteiger partial charge in [-0.05, 0) is 56.2 Å². The first-order chi connectivity index (χ1) is 9.31. The standard InChI is InChI=1S/C14H17N3O2S/c1-9-7-12(15)8-14(10(9)2)20(18,19)17-13-5-4-6-16-11(13)3/h4-8,17H,15H2,1-3H3. The van der Waals surface area contributed by atoms with E-state index in [1.165, 1.54) is 6.07 Å². The summed E-state index contributed by atoms with van der Waals surface area (Å²) in [7, 11) is -3.68. The molecule has 0 saturated heterocycles. The van der Waals surface area contributed by atoms with Gasteiger partial charge in [-0.3, -0.25) is 9.71 Å². The molecule has 1 heterocycles. The molecule has 2 rings (SSSR count). The predicted octanol–water partition coefficient (Wildman–Crippen LogP) is 2.39. The van der Waals surface area contributed by atoms with Gasteiger partial charge in [-0.1, -0.05) is 0 Å². The average Bonchev–Trinajstić information content (AvgIpc) is 2.36. The largest absolute Gasteiger partial charge is 0.399 e. The van der Waals surface area contributed by atoms with Gasteiger partial charge < -0.3 is 5.73 Å². The highest BCUT2D eigenvalue weighted by molar-refractivity contribution is 7.92. The molecule has 0 fully saturated rings. The lowest BCUT2D eigenvalue weighted by molar-refractivity contribution is 0.600. The fourth-order valence-corrected chi connectivity index (χ4v) is 3.40. The Bertz CT molecular complexity index is 755. The number of nitrogen functional groups attached to an aromatic ring is 1. The lowest BCUT2D eigenvalue weighted by atomic mass is 10.1. The first-order valence-electron chi connectivity index (χ1n) is 6.12. The Labute approximate surface area is 118 Å². The topological polar surface area (TPSA) is 85.1 Å². The molecule has 0 radical (unpaired) electrons. The van der Waals surface area contributed by atoms with Crippen LogP contribution < -0.4 is 10.5 Å². The van der Waals surface area contributed by atoms with Crippen LogP contribution >= 0.6 is 0 Å². The van der Waals surface area contributed by atoms with Crippen LogP contribution in [0.4, 0.5) is 11.4 Å². The third-order valence-corrected chi connectivity index (χ3v) is 4.67. The monoisotopic (exact) mass is 291 g/mol. The Morgan fingerprint density at radius 3 is 2.55 bits per heavy atom. The van der Waals surface area contributed by atoms with Crippen LogP contribution in [-0.2, 0) is 10.0 Å². The van der Waals surface area contributed by atoms with Gasteiger partial charge in [-0.25, -0.2) is 8.42 Å². The summed E-state index contributed by atoms with van der Waals surface area (Å²) in [6.07, 6.45) is 1.61. The maximum atomic E-state index is 12.5. The van der Waals surface area contributed by atoms with Crippen molar-refractivity contribution in [3.8, 4) is 0 Å². The molecule has 1 aromatic carbocycles. The molecule has 0 atom stereocenters. The molecular formula is C14H17N3O2S. The maximum absolute atomic E-state index is 12.5. The number of pyridine rings is 1. The molecule has 1 aromatic heterocycles. The first kappa shape index (κ1) is 14.3. The molecule has 106 valence electrons. The molecule has 0 aliphatic rings. The zero-order valence-corrected chi connectivity index (χ0v) is 12.5. The Kier molecular flexibility index (Phi) is 3.67. The van der Waals surface area contributed by atoms with Crippen molar-refractivity contribution in [2.75, 3.05) is 10.5 Å². The zero-order chi connectivity index (χ0) is 14.9. The van der Waals surface area contributed by atoms with Gasteiger partial charge in [0.2, 0.25) is 0 Å². The molecule has 0 unspecified atom stereocenters. The van der Waals surface area contributed by atoms with E-state index in [1.54, 1.807) is 38.2 Å². The van der Waals surface area contributed by atoms with E-state index in [2.05, 4.69) is 9.71 Å². The predicted molar refractivity (Wildman–Crippen MR) is 80.1 cm³/mol. The van der Waals surface area contributed by atoms with E-state index in [1.807, 2.05) is 6.92 Å². The quantitative estimate of drug-likeness (QED) is 0.850. The van der Waals surface area contributed by atoms with Crippen molar-refractivity contribution in [3.05, 3.63) is 47.3 Å². The van der Waals surface area contributed by atoms with Crippen LogP contribution in [0.3, 0.4) is 0 Å². The maximum Gasteiger partial charge on any atom is 0.262 e. The number of hydrogen-bond donors (Lipinski definition) is 2. The molecule has 0 amide bonds. The van der Waals surface area contributed by atoms with E-state index in [0.717, 1.165) is 5.56 Å². The van der Waals surface area contributed by atoms with Gasteiger partial charge in [0.15, 0.2) is 0 Å². The van der Waals surface area contributed by atoms with E-state index in [-0.39, 0.29) is 4.90 Å². The summed E-state index contributed by atoms with van der Waals surface area (Å²) in [6, 6.07) is 6.58. The van der Waals surface area contributed by atoms with Crippen molar-refractivity contribution in [1.82, 2.24) is 4.98 Å². The van der Waals surface area contributed by atoms with Gasteiger partial charge in [-0.2, -0.15) is 0 Å². The van der Waals surface area contributed by atoms with Gasteiger partial charge in [0.1, 0.15) is 0 Å². The minimum Gasteiger partial charge on any atom is -0.399 e. The second kappa shape index (κ2) is 5.13. The minimum absolute atomic E-state index is 0.193. The van der Waals surface area contributed by atoms with Crippen LogP contribution in [0.5, 0.6) is 0 Å². The van der Waals surface area contributed by atoms with Crippen molar-refractivity contribution in [2.45, 2.75) is 25.7 Å². The molecule has 5 nitrogen and oxygen atoms in total. The van der Waals surface area contributed by atoms with E-state index in [0.29, 0.717) is 22.6 Å². The number of nitrogens with one attached hydrogen (secondary N) is 1. The number of anilines is 2. The number of nitrogens with zero attached hydrogens (tertiary/aromatic N) is 1. The summed E-state index contributed by atoms with van der Waals surface area (Å²) in [6.45, 7) is 5.34. The van der Waals surface area contributed by atoms with Gasteiger partial charge in [-0.15, -0.1) is 0 Å². The fraction of sp³-hybridized carbons (Fsp3) is 0.214. The molecule has 0 spiro atoms. The summed E-state index contributed by atoms with van der Waals surface area (Å²) in [5, 5.41) is 0. The number of aromatic nitrogens is 1. The van der Waals surface area contributed by atoms with Gasteiger partial charge in [0, 0.05) is 11.9 Å². The van der Waals surface area contributed by atoms with Crippen LogP contribution in [0.2, 0.25) is 0 Å². The number of rotatable bonds is 3. The first-order valence-corrected chi connectivity index (χ1v) is 7.61. The van der Waals surface area contributed by atoms with Crippen LogP contribution in [0, 0.1) is 20.8 Å². The SMILES string of the molecule is Cc1cc(N)cc(S(=O)(=O)Nc2cccnc2C)c1C. The summed E-state index contributed by atoms with van der Waals surface area (Å²) in [5.41, 5.74) is 8.78. The average molecular weight is 291 g/mol. The van der Waals surface area contributed by atoms with E-state index in [4.69, 9.17) is 5.73 Å². The van der Waals surface area contributed by atoms with E-state index in [9.17, 15) is 8.42 Å². The second-order valence-electron chi connectivity index (χ2n) is 4.70. The molecule has 3 N–H and O–H groups in total. The molecule has 0 aliphatic carbocycles. The van der Waals surface area contributed by atoms with Crippen LogP contribution in [0.25, 0.3) is 0 Å². The summed E-state index contributed by atoms with van der Waals surface area (Å²) in [4.78, 5) is 4.26. The van der Waals surface area contributed by atoms with Crippen molar-refractivity contribution >= 4 is 21.4 Å². The van der Waals surface area contributed by atoms with Gasteiger partial charge in [0.05, 0.1) is 16.3 Å². The Balaban J connectivity index is 2.49. The molecule has 20 heavy (non-hydrogen) atoms. The Hall–Kier alpha value is -2.08. The molecule has 2 aromatic rings. The molecule has 0 aliphatic heterocycles. The Morgan fingerprint density at radius 2 is 1.90 bits per heavy atom. The Morgan fingerprint density at radius 1 is 1.20 bits per heavy atom. The lowest BCUT2D eigenvalue weighted by Crippen LogP contribution is -2.16. The minimum atomic E-state index is -3.68. The highest BCUT2D eigenvalue weighted by Gasteiger charge is 2.19. The van der Waals surface area contributed by atoms with Crippen LogP contribution in [0.15, 0.2) is 35.4 Å². The highest BCUT2D eigenvalue weighted by atomic mass is 32.2. The molecule has 6 heteroatoms. The molecule has 0 bridgehead atoms. The number of hydrogen-bond acceptors (Lipinski definition) is 4. The number of sulfonamides is 1. The summed E-state index contributed by atoms with van der Waals surface area (Å²) in [5.74, 6) is 0. The third kappa shape index (κ3) is 2.75. The van der Waals surface area contributed by atoms with Crippen molar-refractivity contribution in [3.63, 3.8) is 0 Å². The van der Waals surface area contributed by atoms with Crippen LogP contribution in [-0.4, -0.2) is 13.4 Å². The van der Waals surface area contributed by atoms with Crippen LogP contribution in [0.1, 0.15) is 16.8 Å². The lowest BCUT2D eigenvalue weighted by Gasteiger charge is -2.13. The van der Waals surface area contributed by atoms with Crippen molar-refractivity contribution in [2.24, 2.45) is 0 Å². The fourth-order valence-electron chi connectivity index (χ4n) is 1.92. The van der Waals surface area contributed by atoms with E-state index < -0.39 is 10.0 Å². The second-order valence-corrected chi connectivity index (χ2v) is 6.35. The zero-order valence-electron chi connectivity index (χ0n) is 11.6. The van der Waals surface area contributed by atoms with Crippen molar-refractivity contribution < 1.29 is 8.42 Å². The van der Waals surface area contributed by atoms with Gasteiger partial charge in [0.25, 0.3) is 10.0 Å².